The van der Waals surface area contributed by atoms with E-state index in [1.807, 2.05) is 42.5 Å². The van der Waals surface area contributed by atoms with Gasteiger partial charge in [0.25, 0.3) is 5.56 Å². The summed E-state index contributed by atoms with van der Waals surface area (Å²) in [5.41, 5.74) is 2.93. The van der Waals surface area contributed by atoms with Crippen LogP contribution in [0.5, 0.6) is 0 Å². The Balaban J connectivity index is 1.85. The molecule has 0 saturated carbocycles. The number of hydrogen-bond acceptors (Lipinski definition) is 3. The van der Waals surface area contributed by atoms with Crippen LogP contribution in [-0.4, -0.2) is 9.38 Å². The zero-order chi connectivity index (χ0) is 18.8. The Bertz CT molecular complexity index is 1510. The van der Waals surface area contributed by atoms with Gasteiger partial charge in [-0.05, 0) is 48.6 Å². The molecule has 0 atom stereocenters. The van der Waals surface area contributed by atoms with Crippen LogP contribution in [0.15, 0.2) is 53.3 Å². The highest BCUT2D eigenvalue weighted by molar-refractivity contribution is 7.19. The fraction of sp³-hybridized carbons (Fsp3) is 0.130. The van der Waals surface area contributed by atoms with Gasteiger partial charge in [-0.1, -0.05) is 48.0 Å². The largest absolute Gasteiger partial charge is 0.284 e. The molecule has 0 aliphatic heterocycles. The van der Waals surface area contributed by atoms with Gasteiger partial charge in [-0.3, -0.25) is 9.20 Å². The monoisotopic (exact) mass is 402 g/mol. The molecule has 5 heteroatoms. The first-order valence-corrected chi connectivity index (χ1v) is 10.5. The zero-order valence-corrected chi connectivity index (χ0v) is 16.5. The molecule has 3 nitrogen and oxygen atoms in total. The number of rotatable bonds is 1. The number of hydrogen-bond donors (Lipinski definition) is 0. The van der Waals surface area contributed by atoms with E-state index < -0.39 is 0 Å². The predicted molar refractivity (Wildman–Crippen MR) is 117 cm³/mol. The van der Waals surface area contributed by atoms with Crippen molar-refractivity contribution < 1.29 is 0 Å². The lowest BCUT2D eigenvalue weighted by Crippen LogP contribution is -2.16. The highest BCUT2D eigenvalue weighted by Gasteiger charge is 2.23. The quantitative estimate of drug-likeness (QED) is 0.405. The second kappa shape index (κ2) is 5.90. The maximum absolute atomic E-state index is 12.9. The van der Waals surface area contributed by atoms with Gasteiger partial charge in [0, 0.05) is 20.7 Å². The van der Waals surface area contributed by atoms with E-state index in [-0.39, 0.29) is 5.56 Å². The maximum Gasteiger partial charge on any atom is 0.282 e. The van der Waals surface area contributed by atoms with Crippen LogP contribution in [-0.2, 0) is 12.8 Å². The maximum atomic E-state index is 12.9. The van der Waals surface area contributed by atoms with Gasteiger partial charge < -0.3 is 0 Å². The van der Waals surface area contributed by atoms with Crippen LogP contribution >= 0.6 is 22.9 Å². The lowest BCUT2D eigenvalue weighted by molar-refractivity contribution is 0.916. The first-order valence-electron chi connectivity index (χ1n) is 9.35. The summed E-state index contributed by atoms with van der Waals surface area (Å²) in [6.07, 6.45) is 5.33. The minimum absolute atomic E-state index is 0.0943. The average Bonchev–Trinajstić information content (AvgIpc) is 3.36. The summed E-state index contributed by atoms with van der Waals surface area (Å²) in [4.78, 5) is 19.8. The highest BCUT2D eigenvalue weighted by atomic mass is 35.5. The SMILES string of the molecule is O=c1nc2c3ccccc3/c(=C\c3ccc(Cl)cc3)n2c2sc3c(c12)CCC3. The molecular formula is C23H15ClN2OS. The molecule has 28 heavy (non-hydrogen) atoms. The number of aryl methyl sites for hydroxylation is 2. The zero-order valence-electron chi connectivity index (χ0n) is 14.9. The van der Waals surface area contributed by atoms with Gasteiger partial charge in [0.15, 0.2) is 5.65 Å². The molecule has 0 amide bonds. The van der Waals surface area contributed by atoms with Crippen LogP contribution in [0.4, 0.5) is 0 Å². The van der Waals surface area contributed by atoms with E-state index in [1.54, 1.807) is 11.3 Å². The number of fused-ring (bicyclic) bond motifs is 7. The van der Waals surface area contributed by atoms with E-state index in [4.69, 9.17) is 11.6 Å². The third kappa shape index (κ3) is 2.22. The molecule has 136 valence electrons. The molecule has 0 bridgehead atoms. The summed E-state index contributed by atoms with van der Waals surface area (Å²) in [7, 11) is 0. The van der Waals surface area contributed by atoms with Gasteiger partial charge in [0.2, 0.25) is 0 Å². The molecular weight excluding hydrogens is 388 g/mol. The van der Waals surface area contributed by atoms with Gasteiger partial charge in [-0.15, -0.1) is 11.3 Å². The molecule has 0 radical (unpaired) electrons. The fourth-order valence-electron chi connectivity index (χ4n) is 4.35. The molecule has 1 aliphatic carbocycles. The number of aromatic nitrogens is 2. The summed E-state index contributed by atoms with van der Waals surface area (Å²) in [5, 5.41) is 4.71. The standard InChI is InChI=1S/C23H15ClN2OS/c24-14-10-8-13(9-11-14)12-18-15-4-1-2-5-16(15)21-25-22(27)20-17-6-3-7-19(17)28-23(20)26(18)21/h1-2,4-5,8-12H,3,6-7H2/b18-12+. The first kappa shape index (κ1) is 16.3. The number of halogens is 1. The van der Waals surface area contributed by atoms with E-state index >= 15 is 0 Å². The van der Waals surface area contributed by atoms with Gasteiger partial charge in [0.05, 0.1) is 10.7 Å². The van der Waals surface area contributed by atoms with Crippen LogP contribution in [0.3, 0.4) is 0 Å². The van der Waals surface area contributed by atoms with Crippen molar-refractivity contribution >= 4 is 55.6 Å². The molecule has 3 heterocycles. The normalized spacial score (nSPS) is 14.5. The van der Waals surface area contributed by atoms with Crippen molar-refractivity contribution in [1.82, 2.24) is 9.38 Å². The topological polar surface area (TPSA) is 34.4 Å². The number of nitrogens with zero attached hydrogens (tertiary/aromatic N) is 2. The van der Waals surface area contributed by atoms with Crippen molar-refractivity contribution in [2.45, 2.75) is 19.3 Å². The van der Waals surface area contributed by atoms with Crippen LogP contribution in [0.1, 0.15) is 22.4 Å². The second-order valence-corrected chi connectivity index (χ2v) is 8.76. The summed E-state index contributed by atoms with van der Waals surface area (Å²) >= 11 is 7.81. The molecule has 2 aromatic carbocycles. The van der Waals surface area contributed by atoms with E-state index in [0.717, 1.165) is 61.8 Å². The Morgan fingerprint density at radius 1 is 1.04 bits per heavy atom. The van der Waals surface area contributed by atoms with Crippen LogP contribution in [0.25, 0.3) is 32.7 Å². The molecule has 3 aromatic heterocycles. The van der Waals surface area contributed by atoms with Gasteiger partial charge in [-0.2, -0.15) is 4.98 Å². The lowest BCUT2D eigenvalue weighted by Gasteiger charge is -2.00. The Morgan fingerprint density at radius 3 is 2.64 bits per heavy atom. The molecule has 0 N–H and O–H groups in total. The Morgan fingerprint density at radius 2 is 1.82 bits per heavy atom. The number of benzene rings is 2. The Labute approximate surface area is 169 Å². The van der Waals surface area contributed by atoms with Crippen LogP contribution in [0, 0.1) is 0 Å². The van der Waals surface area contributed by atoms with Crippen molar-refractivity contribution in [3.05, 3.63) is 85.3 Å². The van der Waals surface area contributed by atoms with Gasteiger partial charge >= 0.3 is 0 Å². The minimum atomic E-state index is -0.0943. The summed E-state index contributed by atoms with van der Waals surface area (Å²) in [6, 6.07) is 16.0. The minimum Gasteiger partial charge on any atom is -0.284 e. The molecule has 0 unspecified atom stereocenters. The number of thiophene rings is 1. The molecule has 6 rings (SSSR count). The summed E-state index contributed by atoms with van der Waals surface area (Å²) in [6.45, 7) is 0. The third-order valence-electron chi connectivity index (χ3n) is 5.60. The van der Waals surface area contributed by atoms with Crippen molar-refractivity contribution in [2.24, 2.45) is 0 Å². The van der Waals surface area contributed by atoms with E-state index in [1.165, 1.54) is 10.4 Å². The fourth-order valence-corrected chi connectivity index (χ4v) is 5.87. The molecule has 0 spiro atoms. The molecule has 0 fully saturated rings. The highest BCUT2D eigenvalue weighted by Crippen LogP contribution is 2.36. The van der Waals surface area contributed by atoms with Gasteiger partial charge in [0.1, 0.15) is 4.83 Å². The van der Waals surface area contributed by atoms with Crippen molar-refractivity contribution in [3.63, 3.8) is 0 Å². The van der Waals surface area contributed by atoms with Crippen LogP contribution in [0.2, 0.25) is 5.02 Å². The van der Waals surface area contributed by atoms with E-state index in [2.05, 4.69) is 21.5 Å². The van der Waals surface area contributed by atoms with Crippen molar-refractivity contribution in [2.75, 3.05) is 0 Å². The Kier molecular flexibility index (Phi) is 3.43. The smallest absolute Gasteiger partial charge is 0.282 e. The van der Waals surface area contributed by atoms with E-state index in [9.17, 15) is 4.79 Å². The first-order chi connectivity index (χ1) is 13.7. The summed E-state index contributed by atoms with van der Waals surface area (Å²) in [5.74, 6) is 0. The predicted octanol–water partition coefficient (Wildman–Crippen LogP) is 4.75. The van der Waals surface area contributed by atoms with Crippen molar-refractivity contribution in [1.29, 1.82) is 0 Å². The Hall–Kier alpha value is -2.69. The van der Waals surface area contributed by atoms with E-state index in [0.29, 0.717) is 0 Å². The lowest BCUT2D eigenvalue weighted by atomic mass is 10.1. The third-order valence-corrected chi connectivity index (χ3v) is 7.13. The molecule has 5 aromatic rings. The van der Waals surface area contributed by atoms with Crippen LogP contribution < -0.4 is 10.9 Å². The molecule has 0 saturated heterocycles. The summed E-state index contributed by atoms with van der Waals surface area (Å²) < 4.78 is 2.18. The molecule has 1 aliphatic rings. The van der Waals surface area contributed by atoms with Crippen molar-refractivity contribution in [3.8, 4) is 0 Å². The van der Waals surface area contributed by atoms with Gasteiger partial charge in [-0.25, -0.2) is 0 Å². The average molecular weight is 403 g/mol. The second-order valence-electron chi connectivity index (χ2n) is 7.24.